The number of aliphatic hydroxyl groups excluding tert-OH is 1. The average molecular weight is 378 g/mol. The summed E-state index contributed by atoms with van der Waals surface area (Å²) in [4.78, 5) is 22.0. The number of phenols is 1. The number of hydrogen-bond donors (Lipinski definition) is 2. The lowest BCUT2D eigenvalue weighted by atomic mass is 10.00. The summed E-state index contributed by atoms with van der Waals surface area (Å²) in [6, 6.07) is 8.08. The summed E-state index contributed by atoms with van der Waals surface area (Å²) in [6.45, 7) is 5.75. The Morgan fingerprint density at radius 3 is 2.57 bits per heavy atom. The number of phenolic OH excluding ortho intramolecular Hbond substituents is 1. The zero-order valence-corrected chi connectivity index (χ0v) is 16.0. The van der Waals surface area contributed by atoms with Crippen LogP contribution in [-0.2, 0) is 0 Å². The predicted molar refractivity (Wildman–Crippen MR) is 105 cm³/mol. The first-order valence-electron chi connectivity index (χ1n) is 9.22. The SMILES string of the molecule is CCCC(O)c1c(O)ccc2c(=O)n(-c3ccc(C#N)nc3)c(C(C)C)nc12. The zero-order chi connectivity index (χ0) is 20.4. The van der Waals surface area contributed by atoms with Crippen molar-refractivity contribution in [1.29, 1.82) is 5.26 Å². The van der Waals surface area contributed by atoms with Crippen LogP contribution in [0.4, 0.5) is 0 Å². The fraction of sp³-hybridized carbons (Fsp3) is 0.333. The first-order chi connectivity index (χ1) is 13.4. The molecule has 0 fully saturated rings. The number of pyridine rings is 1. The number of nitriles is 1. The van der Waals surface area contributed by atoms with Crippen LogP contribution < -0.4 is 5.56 Å². The van der Waals surface area contributed by atoms with Crippen molar-refractivity contribution in [2.24, 2.45) is 0 Å². The fourth-order valence-corrected chi connectivity index (χ4v) is 3.25. The molecular formula is C21H22N4O3. The van der Waals surface area contributed by atoms with Gasteiger partial charge in [-0.05, 0) is 30.7 Å². The lowest BCUT2D eigenvalue weighted by molar-refractivity contribution is 0.164. The van der Waals surface area contributed by atoms with Crippen molar-refractivity contribution in [3.05, 3.63) is 57.9 Å². The van der Waals surface area contributed by atoms with Gasteiger partial charge in [0.05, 0.1) is 28.9 Å². The second kappa shape index (κ2) is 7.79. The molecule has 7 nitrogen and oxygen atoms in total. The molecule has 0 spiro atoms. The quantitative estimate of drug-likeness (QED) is 0.704. The van der Waals surface area contributed by atoms with E-state index in [0.717, 1.165) is 6.42 Å². The van der Waals surface area contributed by atoms with Gasteiger partial charge < -0.3 is 10.2 Å². The molecular weight excluding hydrogens is 356 g/mol. The highest BCUT2D eigenvalue weighted by atomic mass is 16.3. The minimum absolute atomic E-state index is 0.0761. The number of nitrogens with zero attached hydrogens (tertiary/aromatic N) is 4. The van der Waals surface area contributed by atoms with E-state index in [1.54, 1.807) is 12.1 Å². The van der Waals surface area contributed by atoms with E-state index in [9.17, 15) is 15.0 Å². The maximum Gasteiger partial charge on any atom is 0.266 e. The number of fused-ring (bicyclic) bond motifs is 1. The van der Waals surface area contributed by atoms with E-state index in [1.807, 2.05) is 26.8 Å². The Bertz CT molecular complexity index is 1110. The van der Waals surface area contributed by atoms with Gasteiger partial charge in [0, 0.05) is 11.5 Å². The van der Waals surface area contributed by atoms with E-state index in [4.69, 9.17) is 5.26 Å². The van der Waals surface area contributed by atoms with Crippen LogP contribution in [0.15, 0.2) is 35.3 Å². The highest BCUT2D eigenvalue weighted by Gasteiger charge is 2.22. The van der Waals surface area contributed by atoms with Crippen LogP contribution in [0.25, 0.3) is 16.6 Å². The van der Waals surface area contributed by atoms with E-state index < -0.39 is 6.10 Å². The number of aliphatic hydroxyl groups is 1. The number of hydrogen-bond acceptors (Lipinski definition) is 6. The van der Waals surface area contributed by atoms with Crippen molar-refractivity contribution in [2.45, 2.75) is 45.6 Å². The zero-order valence-electron chi connectivity index (χ0n) is 16.0. The van der Waals surface area contributed by atoms with Gasteiger partial charge in [0.15, 0.2) is 0 Å². The van der Waals surface area contributed by atoms with Crippen LogP contribution >= 0.6 is 0 Å². The average Bonchev–Trinajstić information content (AvgIpc) is 2.67. The lowest BCUT2D eigenvalue weighted by Crippen LogP contribution is -2.25. The molecule has 0 radical (unpaired) electrons. The fourth-order valence-electron chi connectivity index (χ4n) is 3.25. The molecule has 0 aliphatic carbocycles. The van der Waals surface area contributed by atoms with Crippen LogP contribution in [-0.4, -0.2) is 24.7 Å². The molecule has 0 aliphatic rings. The minimum Gasteiger partial charge on any atom is -0.507 e. The molecule has 2 heterocycles. The maximum absolute atomic E-state index is 13.3. The van der Waals surface area contributed by atoms with Gasteiger partial charge in [-0.3, -0.25) is 9.36 Å². The Hall–Kier alpha value is -3.24. The smallest absolute Gasteiger partial charge is 0.266 e. The third kappa shape index (κ3) is 3.35. The highest BCUT2D eigenvalue weighted by molar-refractivity contribution is 5.84. The molecule has 0 aliphatic heterocycles. The van der Waals surface area contributed by atoms with E-state index in [2.05, 4.69) is 9.97 Å². The van der Waals surface area contributed by atoms with Gasteiger partial charge in [-0.25, -0.2) is 9.97 Å². The Morgan fingerprint density at radius 2 is 2.00 bits per heavy atom. The van der Waals surface area contributed by atoms with Gasteiger partial charge in [0.1, 0.15) is 23.3 Å². The summed E-state index contributed by atoms with van der Waals surface area (Å²) >= 11 is 0. The molecule has 2 N–H and O–H groups in total. The molecule has 0 bridgehead atoms. The normalized spacial score (nSPS) is 12.3. The van der Waals surface area contributed by atoms with Crippen LogP contribution in [0, 0.1) is 11.3 Å². The molecule has 1 atom stereocenters. The Kier molecular flexibility index (Phi) is 5.43. The van der Waals surface area contributed by atoms with Crippen molar-refractivity contribution in [2.75, 3.05) is 0 Å². The van der Waals surface area contributed by atoms with Gasteiger partial charge >= 0.3 is 0 Å². The summed E-state index contributed by atoms with van der Waals surface area (Å²) in [5, 5.41) is 30.1. The van der Waals surface area contributed by atoms with Gasteiger partial charge in [0.2, 0.25) is 0 Å². The second-order valence-corrected chi connectivity index (χ2v) is 6.98. The number of aromatic nitrogens is 3. The molecule has 28 heavy (non-hydrogen) atoms. The van der Waals surface area contributed by atoms with Gasteiger partial charge in [-0.1, -0.05) is 27.2 Å². The van der Waals surface area contributed by atoms with Crippen LogP contribution in [0.1, 0.15) is 62.7 Å². The molecule has 3 rings (SSSR count). The van der Waals surface area contributed by atoms with Crippen LogP contribution in [0.5, 0.6) is 5.75 Å². The van der Waals surface area contributed by atoms with Crippen molar-refractivity contribution in [1.82, 2.24) is 14.5 Å². The predicted octanol–water partition coefficient (Wildman–Crippen LogP) is 3.31. The van der Waals surface area contributed by atoms with Crippen molar-refractivity contribution < 1.29 is 10.2 Å². The van der Waals surface area contributed by atoms with E-state index in [0.29, 0.717) is 28.8 Å². The first kappa shape index (κ1) is 19.5. The molecule has 0 saturated heterocycles. The molecule has 1 unspecified atom stereocenters. The Morgan fingerprint density at radius 1 is 1.25 bits per heavy atom. The summed E-state index contributed by atoms with van der Waals surface area (Å²) in [7, 11) is 0. The van der Waals surface area contributed by atoms with Gasteiger partial charge in [0.25, 0.3) is 5.56 Å². The highest BCUT2D eigenvalue weighted by Crippen LogP contribution is 2.33. The molecule has 0 saturated carbocycles. The van der Waals surface area contributed by atoms with Crippen molar-refractivity contribution in [3.63, 3.8) is 0 Å². The van der Waals surface area contributed by atoms with Crippen LogP contribution in [0.3, 0.4) is 0 Å². The number of benzene rings is 1. The monoisotopic (exact) mass is 378 g/mol. The maximum atomic E-state index is 13.3. The third-order valence-electron chi connectivity index (χ3n) is 4.62. The van der Waals surface area contributed by atoms with Crippen molar-refractivity contribution >= 4 is 10.9 Å². The van der Waals surface area contributed by atoms with E-state index in [-0.39, 0.29) is 28.5 Å². The molecule has 3 aromatic rings. The van der Waals surface area contributed by atoms with Crippen molar-refractivity contribution in [3.8, 4) is 17.5 Å². The molecule has 0 amide bonds. The third-order valence-corrected chi connectivity index (χ3v) is 4.62. The molecule has 2 aromatic heterocycles. The second-order valence-electron chi connectivity index (χ2n) is 6.98. The van der Waals surface area contributed by atoms with E-state index >= 15 is 0 Å². The van der Waals surface area contributed by atoms with Crippen LogP contribution in [0.2, 0.25) is 0 Å². The first-order valence-corrected chi connectivity index (χ1v) is 9.22. The minimum atomic E-state index is -0.909. The summed E-state index contributed by atoms with van der Waals surface area (Å²) in [5.74, 6) is 0.304. The van der Waals surface area contributed by atoms with E-state index in [1.165, 1.54) is 22.9 Å². The number of rotatable bonds is 5. The topological polar surface area (TPSA) is 112 Å². The standard InChI is InChI=1S/C21H22N4O3/c1-4-5-16(26)18-17(27)9-8-15-19(18)24-20(12(2)3)25(21(15)28)14-7-6-13(10-22)23-11-14/h6-9,11-12,16,26-27H,4-5H2,1-3H3. The van der Waals surface area contributed by atoms with Gasteiger partial charge in [-0.15, -0.1) is 0 Å². The van der Waals surface area contributed by atoms with Gasteiger partial charge in [-0.2, -0.15) is 5.26 Å². The lowest BCUT2D eigenvalue weighted by Gasteiger charge is -2.19. The largest absolute Gasteiger partial charge is 0.507 e. The summed E-state index contributed by atoms with van der Waals surface area (Å²) in [6.07, 6.45) is 1.73. The molecule has 144 valence electrons. The summed E-state index contributed by atoms with van der Waals surface area (Å²) in [5.41, 5.74) is 1.04. The molecule has 7 heteroatoms. The number of aromatic hydroxyl groups is 1. The Labute approximate surface area is 162 Å². The molecule has 1 aromatic carbocycles. The Balaban J connectivity index is 2.36. The summed E-state index contributed by atoms with van der Waals surface area (Å²) < 4.78 is 1.47.